The van der Waals surface area contributed by atoms with Crippen molar-refractivity contribution in [1.82, 2.24) is 19.9 Å². The molecule has 0 radical (unpaired) electrons. The summed E-state index contributed by atoms with van der Waals surface area (Å²) in [5.41, 5.74) is 2.53. The number of anilines is 2. The van der Waals surface area contributed by atoms with Crippen LogP contribution in [-0.2, 0) is 9.59 Å². The fourth-order valence-corrected chi connectivity index (χ4v) is 7.69. The number of aromatic hydroxyl groups is 2. The zero-order chi connectivity index (χ0) is 39.5. The molecule has 0 bridgehead atoms. The van der Waals surface area contributed by atoms with E-state index in [0.717, 1.165) is 12.7 Å². The zero-order valence-corrected chi connectivity index (χ0v) is 32.5. The number of nitrogens with zero attached hydrogens (tertiary/aromatic N) is 4. The van der Waals surface area contributed by atoms with Crippen LogP contribution in [0.3, 0.4) is 0 Å². The van der Waals surface area contributed by atoms with Gasteiger partial charge in [-0.2, -0.15) is 0 Å². The van der Waals surface area contributed by atoms with E-state index in [9.17, 15) is 30.0 Å². The van der Waals surface area contributed by atoms with Crippen LogP contribution >= 0.6 is 46.4 Å². The second kappa shape index (κ2) is 14.6. The van der Waals surface area contributed by atoms with E-state index in [1.807, 2.05) is 0 Å². The maximum atomic E-state index is 13.9. The summed E-state index contributed by atoms with van der Waals surface area (Å²) < 4.78 is 0. The Morgan fingerprint density at radius 2 is 0.889 bits per heavy atom. The Hall–Kier alpha value is -5.14. The summed E-state index contributed by atoms with van der Waals surface area (Å²) in [6.07, 6.45) is 4.79. The van der Waals surface area contributed by atoms with Crippen LogP contribution in [-0.4, -0.2) is 51.9 Å². The fraction of sp³-hybridized carbons (Fsp3) is 0.211. The van der Waals surface area contributed by atoms with Crippen molar-refractivity contribution in [2.45, 2.75) is 41.5 Å². The number of halogens is 4. The Morgan fingerprint density at radius 3 is 1.19 bits per heavy atom. The minimum Gasteiger partial charge on any atom is -0.507 e. The van der Waals surface area contributed by atoms with Crippen molar-refractivity contribution < 1.29 is 30.0 Å². The molecule has 54 heavy (non-hydrogen) atoms. The molecule has 2 heterocycles. The molecule has 0 aliphatic heterocycles. The predicted molar refractivity (Wildman–Crippen MR) is 211 cm³/mol. The van der Waals surface area contributed by atoms with Crippen LogP contribution in [0, 0.1) is 25.7 Å². The third-order valence-corrected chi connectivity index (χ3v) is 10.3. The van der Waals surface area contributed by atoms with Crippen molar-refractivity contribution in [2.75, 3.05) is 10.6 Å². The van der Waals surface area contributed by atoms with E-state index in [0.29, 0.717) is 33.4 Å². The molecule has 0 unspecified atom stereocenters. The lowest BCUT2D eigenvalue weighted by Crippen LogP contribution is -2.20. The van der Waals surface area contributed by atoms with Crippen molar-refractivity contribution >= 4 is 91.6 Å². The summed E-state index contributed by atoms with van der Waals surface area (Å²) >= 11 is 25.0. The molecule has 0 atom stereocenters. The summed E-state index contributed by atoms with van der Waals surface area (Å²) in [5, 5.41) is 52.6. The SMILES string of the molecule is Cc1cc2c(c(O)c1-c1c(C)cc3c(c1O)/C(=C/Nc1c(Cl)ncnc1Cl)C(=O)C(O)=C3C(C)C)/C(=C/Nc1c(Cl)ncnc1Cl)C(=O)C(O)=C2C(C)C. The highest BCUT2D eigenvalue weighted by Gasteiger charge is 2.38. The van der Waals surface area contributed by atoms with Crippen molar-refractivity contribution in [2.24, 2.45) is 11.8 Å². The molecule has 12 nitrogen and oxygen atoms in total. The first-order valence-corrected chi connectivity index (χ1v) is 17.9. The van der Waals surface area contributed by atoms with Gasteiger partial charge in [-0.25, -0.2) is 19.9 Å². The van der Waals surface area contributed by atoms with Crippen molar-refractivity contribution in [3.8, 4) is 22.6 Å². The topological polar surface area (TPSA) is 191 Å². The maximum Gasteiger partial charge on any atom is 0.229 e. The van der Waals surface area contributed by atoms with E-state index < -0.39 is 34.6 Å². The quantitative estimate of drug-likeness (QED) is 0.0767. The van der Waals surface area contributed by atoms with Gasteiger partial charge in [-0.05, 0) is 47.9 Å². The number of rotatable bonds is 7. The molecule has 0 saturated heterocycles. The number of ketones is 2. The molecule has 0 amide bonds. The standard InChI is InChI=1S/C38H32Cl4N6O6/c1-13(2)21-17-7-15(5)23(31(51)25(17)19(29(49)33(21)53)9-43-27-35(39)45-11-46-36(27)40)24-16(6)8-18-22(14(3)4)34(54)30(50)20(26(18)32(24)52)10-44-28-37(41)47-12-48-38(28)42/h7-14,43-44,51-54H,1-6H3/b19-9-,20-10-. The summed E-state index contributed by atoms with van der Waals surface area (Å²) in [6.45, 7) is 10.6. The average Bonchev–Trinajstić information content (AvgIpc) is 3.08. The number of aryl methyl sites for hydroxylation is 2. The number of Topliss-reactive ketones (excluding diaryl/α,β-unsaturated/α-hetero) is 2. The predicted octanol–water partition coefficient (Wildman–Crippen LogP) is 9.50. The molecule has 6 rings (SSSR count). The Balaban J connectivity index is 1.65. The first-order chi connectivity index (χ1) is 25.5. The maximum absolute atomic E-state index is 13.9. The zero-order valence-electron chi connectivity index (χ0n) is 29.5. The number of aliphatic hydroxyl groups is 2. The summed E-state index contributed by atoms with van der Waals surface area (Å²) in [4.78, 5) is 43.4. The summed E-state index contributed by atoms with van der Waals surface area (Å²) in [7, 11) is 0. The van der Waals surface area contributed by atoms with Crippen molar-refractivity contribution in [3.05, 3.63) is 103 Å². The first-order valence-electron chi connectivity index (χ1n) is 16.4. The molecule has 278 valence electrons. The van der Waals surface area contributed by atoms with Crippen LogP contribution in [0.2, 0.25) is 20.6 Å². The van der Waals surface area contributed by atoms with Crippen LogP contribution in [0.25, 0.3) is 33.4 Å². The molecule has 4 aromatic rings. The van der Waals surface area contributed by atoms with Crippen LogP contribution in [0.4, 0.5) is 11.4 Å². The van der Waals surface area contributed by atoms with Crippen molar-refractivity contribution in [3.63, 3.8) is 0 Å². The van der Waals surface area contributed by atoms with Crippen molar-refractivity contribution in [1.29, 1.82) is 0 Å². The number of carbonyl (C=O) groups excluding carboxylic acids is 2. The normalized spacial score (nSPS) is 15.9. The molecule has 2 aliphatic carbocycles. The van der Waals surface area contributed by atoms with Gasteiger partial charge >= 0.3 is 0 Å². The number of nitrogens with one attached hydrogen (secondary N) is 2. The van der Waals surface area contributed by atoms with E-state index in [2.05, 4.69) is 30.6 Å². The number of benzene rings is 2. The summed E-state index contributed by atoms with van der Waals surface area (Å²) in [6, 6.07) is 3.41. The number of allylic oxidation sites excluding steroid dienone is 4. The lowest BCUT2D eigenvalue weighted by molar-refractivity contribution is -0.113. The highest BCUT2D eigenvalue weighted by Crippen LogP contribution is 2.54. The number of phenols is 2. The number of fused-ring (bicyclic) bond motifs is 2. The van der Waals surface area contributed by atoms with Gasteiger partial charge in [-0.1, -0.05) is 86.2 Å². The third kappa shape index (κ3) is 6.32. The number of hydrogen-bond donors (Lipinski definition) is 6. The molecule has 0 saturated carbocycles. The molecule has 0 fully saturated rings. The third-order valence-electron chi connectivity index (χ3n) is 9.18. The van der Waals surface area contributed by atoms with E-state index in [4.69, 9.17) is 46.4 Å². The van der Waals surface area contributed by atoms with E-state index in [1.54, 1.807) is 53.7 Å². The van der Waals surface area contributed by atoms with Gasteiger partial charge < -0.3 is 31.1 Å². The monoisotopic (exact) mass is 808 g/mol. The Kier molecular flexibility index (Phi) is 10.4. The van der Waals surface area contributed by atoms with Gasteiger partial charge in [0.1, 0.15) is 35.5 Å². The Bertz CT molecular complexity index is 2250. The first kappa shape index (κ1) is 38.6. The summed E-state index contributed by atoms with van der Waals surface area (Å²) in [5.74, 6) is -4.12. The molecule has 16 heteroatoms. The van der Waals surface area contributed by atoms with E-state index in [-0.39, 0.29) is 77.2 Å². The largest absolute Gasteiger partial charge is 0.507 e. The second-order valence-corrected chi connectivity index (χ2v) is 14.7. The second-order valence-electron chi connectivity index (χ2n) is 13.2. The van der Waals surface area contributed by atoms with Gasteiger partial charge in [-0.3, -0.25) is 9.59 Å². The molecule has 6 N–H and O–H groups in total. The van der Waals surface area contributed by atoms with Crippen LogP contribution in [0.5, 0.6) is 11.5 Å². The minimum absolute atomic E-state index is 0.0422. The van der Waals surface area contributed by atoms with E-state index >= 15 is 0 Å². The van der Waals surface area contributed by atoms with Gasteiger partial charge in [-0.15, -0.1) is 0 Å². The molecular weight excluding hydrogens is 778 g/mol. The van der Waals surface area contributed by atoms with Crippen LogP contribution < -0.4 is 10.6 Å². The number of aliphatic hydroxyl groups excluding tert-OH is 2. The molecule has 0 spiro atoms. The molecule has 2 aliphatic rings. The fourth-order valence-electron chi connectivity index (χ4n) is 6.84. The van der Waals surface area contributed by atoms with Gasteiger partial charge in [0.15, 0.2) is 32.1 Å². The highest BCUT2D eigenvalue weighted by atomic mass is 35.5. The number of phenolic OH excluding ortho intramolecular Hbond substituents is 2. The lowest BCUT2D eigenvalue weighted by Gasteiger charge is -2.29. The Morgan fingerprint density at radius 1 is 0.574 bits per heavy atom. The van der Waals surface area contributed by atoms with Gasteiger partial charge in [0.25, 0.3) is 0 Å². The minimum atomic E-state index is -0.800. The van der Waals surface area contributed by atoms with E-state index in [1.165, 1.54) is 12.4 Å². The number of aromatic nitrogens is 4. The van der Waals surface area contributed by atoms with Crippen LogP contribution in [0.1, 0.15) is 61.1 Å². The Labute approximate surface area is 329 Å². The number of carbonyl (C=O) groups is 2. The average molecular weight is 811 g/mol. The highest BCUT2D eigenvalue weighted by molar-refractivity contribution is 6.39. The van der Waals surface area contributed by atoms with Crippen LogP contribution in [0.15, 0.2) is 48.7 Å². The van der Waals surface area contributed by atoms with Gasteiger partial charge in [0, 0.05) is 45.8 Å². The lowest BCUT2D eigenvalue weighted by atomic mass is 9.75. The molecular formula is C38H32Cl4N6O6. The number of hydrogen-bond acceptors (Lipinski definition) is 12. The van der Waals surface area contributed by atoms with Gasteiger partial charge in [0.2, 0.25) is 11.6 Å². The molecule has 2 aromatic carbocycles. The molecule has 2 aromatic heterocycles. The van der Waals surface area contributed by atoms with Gasteiger partial charge in [0.05, 0.1) is 11.1 Å². The smallest absolute Gasteiger partial charge is 0.229 e.